The van der Waals surface area contributed by atoms with Crippen molar-refractivity contribution in [1.82, 2.24) is 9.80 Å². The van der Waals surface area contributed by atoms with Crippen LogP contribution in [0.25, 0.3) is 0 Å². The molecule has 0 radical (unpaired) electrons. The molecule has 0 unspecified atom stereocenters. The van der Waals surface area contributed by atoms with Gasteiger partial charge in [-0.2, -0.15) is 0 Å². The maximum Gasteiger partial charge on any atom is 0.261 e. The highest BCUT2D eigenvalue weighted by atomic mass is 32.2. The van der Waals surface area contributed by atoms with E-state index in [1.165, 1.54) is 12.1 Å². The Morgan fingerprint density at radius 1 is 1.04 bits per heavy atom. The van der Waals surface area contributed by atoms with Crippen LogP contribution >= 0.6 is 0 Å². The van der Waals surface area contributed by atoms with Crippen LogP contribution in [0.3, 0.4) is 0 Å². The SMILES string of the molecule is COc1ccc(NS(=O)(=O)c2ccc(C)c(C(=O)N3CCN(C)CC3)c2)cc1. The van der Waals surface area contributed by atoms with Crippen molar-refractivity contribution < 1.29 is 17.9 Å². The van der Waals surface area contributed by atoms with E-state index in [9.17, 15) is 13.2 Å². The molecule has 7 nitrogen and oxygen atoms in total. The molecule has 1 aliphatic rings. The van der Waals surface area contributed by atoms with Crippen LogP contribution in [0.1, 0.15) is 15.9 Å². The van der Waals surface area contributed by atoms with Crippen molar-refractivity contribution in [2.45, 2.75) is 11.8 Å². The van der Waals surface area contributed by atoms with Crippen LogP contribution in [-0.2, 0) is 10.0 Å². The van der Waals surface area contributed by atoms with Gasteiger partial charge >= 0.3 is 0 Å². The number of methoxy groups -OCH3 is 1. The number of rotatable bonds is 5. The van der Waals surface area contributed by atoms with Crippen molar-refractivity contribution in [1.29, 1.82) is 0 Å². The largest absolute Gasteiger partial charge is 0.497 e. The Labute approximate surface area is 166 Å². The topological polar surface area (TPSA) is 78.9 Å². The molecule has 0 spiro atoms. The summed E-state index contributed by atoms with van der Waals surface area (Å²) in [5.41, 5.74) is 1.60. The second-order valence-corrected chi connectivity index (χ2v) is 8.59. The molecule has 0 atom stereocenters. The zero-order valence-electron chi connectivity index (χ0n) is 16.3. The quantitative estimate of drug-likeness (QED) is 0.828. The summed E-state index contributed by atoms with van der Waals surface area (Å²) in [5, 5.41) is 0. The van der Waals surface area contributed by atoms with Crippen molar-refractivity contribution in [3.63, 3.8) is 0 Å². The summed E-state index contributed by atoms with van der Waals surface area (Å²) in [6, 6.07) is 11.3. The van der Waals surface area contributed by atoms with Crippen LogP contribution in [0.4, 0.5) is 5.69 Å². The molecule has 8 heteroatoms. The molecule has 1 N–H and O–H groups in total. The number of benzene rings is 2. The van der Waals surface area contributed by atoms with Gasteiger partial charge in [-0.25, -0.2) is 8.42 Å². The number of nitrogens with one attached hydrogen (secondary N) is 1. The first-order valence-electron chi connectivity index (χ1n) is 9.05. The first kappa shape index (κ1) is 20.2. The highest BCUT2D eigenvalue weighted by Gasteiger charge is 2.24. The maximum atomic E-state index is 12.9. The molecule has 3 rings (SSSR count). The van der Waals surface area contributed by atoms with Crippen molar-refractivity contribution in [2.75, 3.05) is 45.1 Å². The van der Waals surface area contributed by atoms with E-state index in [0.29, 0.717) is 30.1 Å². The van der Waals surface area contributed by atoms with Gasteiger partial charge in [0.15, 0.2) is 0 Å². The molecule has 0 saturated carbocycles. The van der Waals surface area contributed by atoms with Crippen molar-refractivity contribution in [3.05, 3.63) is 53.6 Å². The Morgan fingerprint density at radius 3 is 2.29 bits per heavy atom. The summed E-state index contributed by atoms with van der Waals surface area (Å²) in [6.45, 7) is 4.70. The molecule has 2 aromatic rings. The number of likely N-dealkylation sites (N-methyl/N-ethyl adjacent to an activating group) is 1. The van der Waals surface area contributed by atoms with Gasteiger partial charge < -0.3 is 14.5 Å². The Morgan fingerprint density at radius 2 is 1.68 bits per heavy atom. The van der Waals surface area contributed by atoms with Crippen molar-refractivity contribution in [3.8, 4) is 5.75 Å². The second-order valence-electron chi connectivity index (χ2n) is 6.91. The average Bonchev–Trinajstić information content (AvgIpc) is 2.68. The van der Waals surface area contributed by atoms with Gasteiger partial charge in [-0.15, -0.1) is 0 Å². The van der Waals surface area contributed by atoms with Gasteiger partial charge in [0, 0.05) is 37.4 Å². The van der Waals surface area contributed by atoms with Gasteiger partial charge in [0.25, 0.3) is 15.9 Å². The molecule has 0 aliphatic carbocycles. The molecule has 150 valence electrons. The third kappa shape index (κ3) is 4.45. The van der Waals surface area contributed by atoms with E-state index in [1.54, 1.807) is 42.3 Å². The highest BCUT2D eigenvalue weighted by Crippen LogP contribution is 2.22. The monoisotopic (exact) mass is 403 g/mol. The number of hydrogen-bond acceptors (Lipinski definition) is 5. The molecular formula is C20H25N3O4S. The van der Waals surface area contributed by atoms with E-state index in [2.05, 4.69) is 9.62 Å². The smallest absolute Gasteiger partial charge is 0.261 e. The third-order valence-corrected chi connectivity index (χ3v) is 6.26. The number of hydrogen-bond donors (Lipinski definition) is 1. The van der Waals surface area contributed by atoms with Gasteiger partial charge in [0.2, 0.25) is 0 Å². The minimum atomic E-state index is -3.81. The zero-order chi connectivity index (χ0) is 20.3. The van der Waals surface area contributed by atoms with Crippen LogP contribution in [0.15, 0.2) is 47.4 Å². The van der Waals surface area contributed by atoms with Gasteiger partial charge in [-0.1, -0.05) is 6.07 Å². The lowest BCUT2D eigenvalue weighted by Crippen LogP contribution is -2.47. The first-order chi connectivity index (χ1) is 13.3. The van der Waals surface area contributed by atoms with Crippen molar-refractivity contribution >= 4 is 21.6 Å². The zero-order valence-corrected chi connectivity index (χ0v) is 17.1. The number of piperazine rings is 1. The summed E-state index contributed by atoms with van der Waals surface area (Å²) in [4.78, 5) is 16.9. The van der Waals surface area contributed by atoms with Crippen LogP contribution in [-0.4, -0.2) is 64.5 Å². The van der Waals surface area contributed by atoms with E-state index in [4.69, 9.17) is 4.74 Å². The Kier molecular flexibility index (Phi) is 5.90. The maximum absolute atomic E-state index is 12.9. The molecule has 1 fully saturated rings. The summed E-state index contributed by atoms with van der Waals surface area (Å²) in [7, 11) is -0.250. The van der Waals surface area contributed by atoms with Crippen LogP contribution < -0.4 is 9.46 Å². The predicted molar refractivity (Wildman–Crippen MR) is 108 cm³/mol. The summed E-state index contributed by atoms with van der Waals surface area (Å²) in [5.74, 6) is 0.505. The molecule has 1 heterocycles. The minimum absolute atomic E-state index is 0.0615. The third-order valence-electron chi connectivity index (χ3n) is 4.88. The molecule has 1 amide bonds. The Balaban J connectivity index is 1.83. The number of ether oxygens (including phenoxy) is 1. The first-order valence-corrected chi connectivity index (χ1v) is 10.5. The average molecular weight is 404 g/mol. The predicted octanol–water partition coefficient (Wildman–Crippen LogP) is 2.19. The summed E-state index contributed by atoms with van der Waals surface area (Å²) in [6.07, 6.45) is 0. The van der Waals surface area contributed by atoms with E-state index in [-0.39, 0.29) is 10.8 Å². The van der Waals surface area contributed by atoms with Gasteiger partial charge in [0.1, 0.15) is 5.75 Å². The number of sulfonamides is 1. The fourth-order valence-electron chi connectivity index (χ4n) is 3.05. The van der Waals surface area contributed by atoms with E-state index in [0.717, 1.165) is 18.7 Å². The van der Waals surface area contributed by atoms with Crippen LogP contribution in [0.2, 0.25) is 0 Å². The second kappa shape index (κ2) is 8.20. The highest BCUT2D eigenvalue weighted by molar-refractivity contribution is 7.92. The van der Waals surface area contributed by atoms with Gasteiger partial charge in [-0.05, 0) is 55.9 Å². The summed E-state index contributed by atoms with van der Waals surface area (Å²) >= 11 is 0. The number of anilines is 1. The molecule has 1 aliphatic heterocycles. The number of carbonyl (C=O) groups is 1. The number of amides is 1. The molecule has 2 aromatic carbocycles. The molecule has 1 saturated heterocycles. The fourth-order valence-corrected chi connectivity index (χ4v) is 4.14. The lowest BCUT2D eigenvalue weighted by molar-refractivity contribution is 0.0663. The number of nitrogens with zero attached hydrogens (tertiary/aromatic N) is 2. The van der Waals surface area contributed by atoms with E-state index < -0.39 is 10.0 Å². The van der Waals surface area contributed by atoms with Crippen molar-refractivity contribution in [2.24, 2.45) is 0 Å². The van der Waals surface area contributed by atoms with E-state index >= 15 is 0 Å². The van der Waals surface area contributed by atoms with Crippen LogP contribution in [0, 0.1) is 6.92 Å². The Hall–Kier alpha value is -2.58. The molecule has 0 aromatic heterocycles. The fraction of sp³-hybridized carbons (Fsp3) is 0.350. The normalized spacial score (nSPS) is 15.3. The Bertz CT molecular complexity index is 950. The molecular weight excluding hydrogens is 378 g/mol. The molecule has 0 bridgehead atoms. The minimum Gasteiger partial charge on any atom is -0.497 e. The number of carbonyl (C=O) groups excluding carboxylic acids is 1. The lowest BCUT2D eigenvalue weighted by atomic mass is 10.1. The van der Waals surface area contributed by atoms with E-state index in [1.807, 2.05) is 14.0 Å². The lowest BCUT2D eigenvalue weighted by Gasteiger charge is -2.32. The molecule has 28 heavy (non-hydrogen) atoms. The summed E-state index contributed by atoms with van der Waals surface area (Å²) < 4.78 is 33.2. The standard InChI is InChI=1S/C20H25N3O4S/c1-15-4-9-18(14-19(15)20(24)23-12-10-22(2)11-13-23)28(25,26)21-16-5-7-17(27-3)8-6-16/h4-9,14,21H,10-13H2,1-3H3. The van der Waals surface area contributed by atoms with Gasteiger partial charge in [-0.3, -0.25) is 9.52 Å². The number of aryl methyl sites for hydroxylation is 1. The van der Waals surface area contributed by atoms with Gasteiger partial charge in [0.05, 0.1) is 12.0 Å². The van der Waals surface area contributed by atoms with Crippen LogP contribution in [0.5, 0.6) is 5.75 Å².